The molecule has 0 aromatic carbocycles. The number of aromatic nitrogens is 5. The molecule has 3 aromatic rings. The number of rotatable bonds is 4. The Morgan fingerprint density at radius 2 is 2.04 bits per heavy atom. The first kappa shape index (κ1) is 17.3. The van der Waals surface area contributed by atoms with Crippen molar-refractivity contribution >= 4 is 22.7 Å². The number of fused-ring (bicyclic) bond motifs is 1. The summed E-state index contributed by atoms with van der Waals surface area (Å²) < 4.78 is 0. The Bertz CT molecular complexity index is 801. The van der Waals surface area contributed by atoms with Gasteiger partial charge in [-0.05, 0) is 38.6 Å². The third kappa shape index (κ3) is 3.33. The first-order valence-corrected chi connectivity index (χ1v) is 7.22. The van der Waals surface area contributed by atoms with Crippen molar-refractivity contribution in [2.45, 2.75) is 26.8 Å². The predicted molar refractivity (Wildman–Crippen MR) is 85.5 cm³/mol. The van der Waals surface area contributed by atoms with Crippen LogP contribution in [0.15, 0.2) is 24.4 Å². The molecule has 3 heterocycles. The summed E-state index contributed by atoms with van der Waals surface area (Å²) in [5.74, 6) is 2.02. The Kier molecular flexibility index (Phi) is 5.29. The van der Waals surface area contributed by atoms with Gasteiger partial charge in [0.15, 0.2) is 0 Å². The number of hydrogen-bond acceptors (Lipinski definition) is 6. The fraction of sp³-hybridized carbons (Fsp3) is 0.333. The van der Waals surface area contributed by atoms with Crippen LogP contribution in [0, 0.1) is 6.92 Å². The number of anilines is 2. The van der Waals surface area contributed by atoms with Crippen molar-refractivity contribution in [2.75, 3.05) is 17.2 Å². The Morgan fingerprint density at radius 1 is 1.26 bits per heavy atom. The zero-order chi connectivity index (χ0) is 15.7. The maximum absolute atomic E-state index is 5.80. The molecular formula is C15H18N7Re-. The number of aryl methyl sites for hydroxylation is 1. The van der Waals surface area contributed by atoms with Crippen molar-refractivity contribution in [3.63, 3.8) is 0 Å². The molecule has 0 fully saturated rings. The van der Waals surface area contributed by atoms with Crippen molar-refractivity contribution < 1.29 is 20.4 Å². The van der Waals surface area contributed by atoms with Crippen LogP contribution in [-0.4, -0.2) is 26.6 Å². The van der Waals surface area contributed by atoms with E-state index < -0.39 is 0 Å². The summed E-state index contributed by atoms with van der Waals surface area (Å²) in [5.41, 5.74) is 7.32. The normalized spacial score (nSPS) is 12.0. The standard InChI is InChI=1S/C15H18N7.Re/c1-4-22(9(2)12-6-5-7-13(16)20-12)15-11-8-17-21-14(11)18-10(3)19-15;/h5-9H,4H2,1-3H3,(H2-,16,17,18,19,20,21);/q-1;/t9-;/m0./s1. The summed E-state index contributed by atoms with van der Waals surface area (Å²) in [5, 5.41) is 8.84. The summed E-state index contributed by atoms with van der Waals surface area (Å²) >= 11 is 0. The number of pyridine rings is 1. The molecule has 2 N–H and O–H groups in total. The Balaban J connectivity index is 0.00000192. The molecule has 23 heavy (non-hydrogen) atoms. The first-order valence-electron chi connectivity index (χ1n) is 7.22. The third-order valence-corrected chi connectivity index (χ3v) is 3.66. The second kappa shape index (κ2) is 7.03. The molecule has 0 unspecified atom stereocenters. The van der Waals surface area contributed by atoms with Crippen molar-refractivity contribution in [1.29, 1.82) is 0 Å². The van der Waals surface area contributed by atoms with E-state index in [0.717, 1.165) is 23.4 Å². The molecule has 0 amide bonds. The maximum atomic E-state index is 5.80. The zero-order valence-electron chi connectivity index (χ0n) is 13.2. The molecule has 3 rings (SSSR count). The van der Waals surface area contributed by atoms with Crippen LogP contribution in [0.1, 0.15) is 31.4 Å². The van der Waals surface area contributed by atoms with Gasteiger partial charge in [0, 0.05) is 44.4 Å². The number of nitrogens with zero attached hydrogens (tertiary/aromatic N) is 6. The van der Waals surface area contributed by atoms with Crippen LogP contribution in [-0.2, 0) is 20.4 Å². The van der Waals surface area contributed by atoms with Gasteiger partial charge in [0.1, 0.15) is 11.6 Å². The van der Waals surface area contributed by atoms with E-state index in [4.69, 9.17) is 5.73 Å². The van der Waals surface area contributed by atoms with Crippen molar-refractivity contribution in [1.82, 2.24) is 25.1 Å². The molecule has 121 valence electrons. The largest absolute Gasteiger partial charge is 0.422 e. The molecular weight excluding hydrogens is 464 g/mol. The second-order valence-electron chi connectivity index (χ2n) is 5.13. The van der Waals surface area contributed by atoms with E-state index in [1.165, 1.54) is 0 Å². The minimum atomic E-state index is 0. The molecule has 0 aliphatic carbocycles. The summed E-state index contributed by atoms with van der Waals surface area (Å²) in [6.45, 7) is 6.79. The van der Waals surface area contributed by atoms with Gasteiger partial charge in [0.2, 0.25) is 0 Å². The van der Waals surface area contributed by atoms with Crippen LogP contribution in [0.3, 0.4) is 0 Å². The van der Waals surface area contributed by atoms with Gasteiger partial charge in [-0.3, -0.25) is 5.10 Å². The number of nitrogens with two attached hydrogens (primary N) is 1. The summed E-state index contributed by atoms with van der Waals surface area (Å²) in [7, 11) is 0. The minimum Gasteiger partial charge on any atom is -0.422 e. The number of nitrogen functional groups attached to an aromatic ring is 1. The van der Waals surface area contributed by atoms with Crippen molar-refractivity contribution in [3.05, 3.63) is 35.9 Å². The smallest absolute Gasteiger partial charge is 0.137 e. The van der Waals surface area contributed by atoms with Gasteiger partial charge in [-0.2, -0.15) is 0 Å². The van der Waals surface area contributed by atoms with E-state index in [1.807, 2.05) is 19.1 Å². The quantitative estimate of drug-likeness (QED) is 0.607. The van der Waals surface area contributed by atoms with Gasteiger partial charge in [-0.25, -0.2) is 9.97 Å². The maximum Gasteiger partial charge on any atom is 0.137 e. The van der Waals surface area contributed by atoms with Crippen LogP contribution < -0.4 is 15.7 Å². The van der Waals surface area contributed by atoms with Crippen LogP contribution in [0.5, 0.6) is 0 Å². The number of hydrogen-bond donors (Lipinski definition) is 1. The summed E-state index contributed by atoms with van der Waals surface area (Å²) in [6.07, 6.45) is 1.70. The molecule has 1 radical (unpaired) electrons. The van der Waals surface area contributed by atoms with Gasteiger partial charge in [-0.1, -0.05) is 6.07 Å². The van der Waals surface area contributed by atoms with Gasteiger partial charge >= 0.3 is 0 Å². The van der Waals surface area contributed by atoms with E-state index >= 15 is 0 Å². The molecule has 3 aromatic heterocycles. The predicted octanol–water partition coefficient (Wildman–Crippen LogP) is 1.85. The van der Waals surface area contributed by atoms with E-state index in [9.17, 15) is 0 Å². The molecule has 7 nitrogen and oxygen atoms in total. The molecule has 0 aliphatic rings. The summed E-state index contributed by atoms with van der Waals surface area (Å²) in [4.78, 5) is 15.5. The molecule has 8 heteroatoms. The Hall–Kier alpha value is -2.04. The molecule has 1 atom stereocenters. The Morgan fingerprint density at radius 3 is 2.74 bits per heavy atom. The SMILES string of the molecule is CCN(c1nc(C)nc2[n-]ncc12)[C@@H](C)c1cccc(N)n1.[Re]. The van der Waals surface area contributed by atoms with Crippen LogP contribution in [0.4, 0.5) is 11.6 Å². The Labute approximate surface area is 148 Å². The van der Waals surface area contributed by atoms with Gasteiger partial charge in [0.25, 0.3) is 0 Å². The van der Waals surface area contributed by atoms with E-state index in [0.29, 0.717) is 17.3 Å². The van der Waals surface area contributed by atoms with E-state index in [1.54, 1.807) is 12.3 Å². The fourth-order valence-corrected chi connectivity index (χ4v) is 2.57. The first-order chi connectivity index (χ1) is 10.6. The van der Waals surface area contributed by atoms with Crippen LogP contribution in [0.2, 0.25) is 0 Å². The molecule has 0 saturated heterocycles. The third-order valence-electron chi connectivity index (χ3n) is 3.66. The summed E-state index contributed by atoms with van der Waals surface area (Å²) in [6, 6.07) is 5.69. The van der Waals surface area contributed by atoms with Crippen molar-refractivity contribution in [2.24, 2.45) is 0 Å². The fourth-order valence-electron chi connectivity index (χ4n) is 2.57. The zero-order valence-corrected chi connectivity index (χ0v) is 15.9. The van der Waals surface area contributed by atoms with Crippen molar-refractivity contribution in [3.8, 4) is 0 Å². The average molecular weight is 483 g/mol. The van der Waals surface area contributed by atoms with Gasteiger partial charge < -0.3 is 20.7 Å². The molecule has 0 aliphatic heterocycles. The van der Waals surface area contributed by atoms with Gasteiger partial charge in [0.05, 0.1) is 11.7 Å². The second-order valence-corrected chi connectivity index (χ2v) is 5.13. The van der Waals surface area contributed by atoms with Crippen LogP contribution in [0.25, 0.3) is 11.0 Å². The molecule has 0 bridgehead atoms. The molecule has 0 saturated carbocycles. The van der Waals surface area contributed by atoms with E-state index in [-0.39, 0.29) is 26.5 Å². The van der Waals surface area contributed by atoms with Gasteiger partial charge in [-0.15, -0.1) is 0 Å². The van der Waals surface area contributed by atoms with Crippen LogP contribution >= 0.6 is 0 Å². The monoisotopic (exact) mass is 483 g/mol. The topological polar surface area (TPSA) is 94.9 Å². The minimum absolute atomic E-state index is 0. The molecule has 0 spiro atoms. The average Bonchev–Trinajstić information content (AvgIpc) is 2.96. The van der Waals surface area contributed by atoms with E-state index in [2.05, 4.69) is 43.9 Å².